The Morgan fingerprint density at radius 1 is 0.900 bits per heavy atom. The van der Waals surface area contributed by atoms with Gasteiger partial charge in [0.25, 0.3) is 0 Å². The summed E-state index contributed by atoms with van der Waals surface area (Å²) in [6.45, 7) is 4.12. The van der Waals surface area contributed by atoms with E-state index in [4.69, 9.17) is 9.47 Å². The highest BCUT2D eigenvalue weighted by molar-refractivity contribution is 5.44. The number of allylic oxidation sites excluding steroid dienone is 1. The Labute approximate surface area is 122 Å². The number of benzene rings is 1. The van der Waals surface area contributed by atoms with Crippen LogP contribution in [0.3, 0.4) is 0 Å². The molecule has 0 aromatic heterocycles. The largest absolute Gasteiger partial charge is 0.454 e. The first kappa shape index (κ1) is 15.0. The molecule has 1 aromatic rings. The normalized spacial score (nSPS) is 12.6. The molecule has 1 aromatic carbocycles. The van der Waals surface area contributed by atoms with Crippen LogP contribution in [0.25, 0.3) is 0 Å². The van der Waals surface area contributed by atoms with Gasteiger partial charge in [0.05, 0.1) is 0 Å². The van der Waals surface area contributed by atoms with Crippen molar-refractivity contribution in [1.29, 1.82) is 0 Å². The third-order valence-electron chi connectivity index (χ3n) is 3.81. The van der Waals surface area contributed by atoms with Gasteiger partial charge in [0, 0.05) is 0 Å². The second-order valence-corrected chi connectivity index (χ2v) is 5.49. The van der Waals surface area contributed by atoms with E-state index in [1.807, 2.05) is 12.1 Å². The van der Waals surface area contributed by atoms with Crippen LogP contribution in [-0.4, -0.2) is 6.79 Å². The second-order valence-electron chi connectivity index (χ2n) is 5.49. The van der Waals surface area contributed by atoms with Gasteiger partial charge in [0.15, 0.2) is 11.5 Å². The van der Waals surface area contributed by atoms with Gasteiger partial charge < -0.3 is 9.47 Å². The van der Waals surface area contributed by atoms with Crippen LogP contribution in [-0.2, 0) is 6.42 Å². The van der Waals surface area contributed by atoms with Crippen LogP contribution >= 0.6 is 0 Å². The Kier molecular flexibility index (Phi) is 6.49. The van der Waals surface area contributed by atoms with E-state index >= 15 is 0 Å². The summed E-state index contributed by atoms with van der Waals surface area (Å²) in [6.07, 6.45) is 13.7. The quantitative estimate of drug-likeness (QED) is 0.428. The van der Waals surface area contributed by atoms with E-state index in [0.29, 0.717) is 6.79 Å². The minimum absolute atomic E-state index is 0.366. The summed E-state index contributed by atoms with van der Waals surface area (Å²) in [5.41, 5.74) is 1.36. The molecule has 1 aliphatic rings. The Morgan fingerprint density at radius 2 is 1.60 bits per heavy atom. The lowest BCUT2D eigenvalue weighted by molar-refractivity contribution is 0.174. The number of ether oxygens (including phenoxy) is 2. The van der Waals surface area contributed by atoms with Gasteiger partial charge in [-0.1, -0.05) is 44.2 Å². The molecule has 110 valence electrons. The van der Waals surface area contributed by atoms with Crippen LogP contribution in [0.2, 0.25) is 0 Å². The van der Waals surface area contributed by atoms with E-state index < -0.39 is 0 Å². The van der Waals surface area contributed by atoms with Gasteiger partial charge in [-0.05, 0) is 43.4 Å². The smallest absolute Gasteiger partial charge is 0.231 e. The van der Waals surface area contributed by atoms with E-state index in [9.17, 15) is 0 Å². The van der Waals surface area contributed by atoms with Crippen LogP contribution in [0.4, 0.5) is 0 Å². The summed E-state index contributed by atoms with van der Waals surface area (Å²) in [5.74, 6) is 1.79. The summed E-state index contributed by atoms with van der Waals surface area (Å²) in [7, 11) is 0. The maximum absolute atomic E-state index is 5.40. The van der Waals surface area contributed by atoms with Crippen LogP contribution in [0.1, 0.15) is 56.9 Å². The predicted octanol–water partition coefficient (Wildman–Crippen LogP) is 5.26. The number of rotatable bonds is 10. The van der Waals surface area contributed by atoms with Crippen molar-refractivity contribution in [2.45, 2.75) is 57.8 Å². The molecule has 0 fully saturated rings. The average molecular weight is 274 g/mol. The predicted molar refractivity (Wildman–Crippen MR) is 83.4 cm³/mol. The van der Waals surface area contributed by atoms with Crippen molar-refractivity contribution in [1.82, 2.24) is 0 Å². The fourth-order valence-corrected chi connectivity index (χ4v) is 2.60. The highest BCUT2D eigenvalue weighted by Gasteiger charge is 2.12. The molecule has 0 saturated heterocycles. The molecule has 0 bridgehead atoms. The highest BCUT2D eigenvalue weighted by atomic mass is 16.7. The maximum atomic E-state index is 5.40. The Hall–Kier alpha value is -1.44. The molecule has 0 aliphatic carbocycles. The second kappa shape index (κ2) is 8.68. The lowest BCUT2D eigenvalue weighted by atomic mass is 10.0. The third kappa shape index (κ3) is 4.92. The molecule has 2 rings (SSSR count). The van der Waals surface area contributed by atoms with Gasteiger partial charge in [0.1, 0.15) is 0 Å². The van der Waals surface area contributed by atoms with Crippen molar-refractivity contribution in [3.8, 4) is 11.5 Å². The third-order valence-corrected chi connectivity index (χ3v) is 3.81. The molecule has 0 N–H and O–H groups in total. The zero-order chi connectivity index (χ0) is 14.0. The van der Waals surface area contributed by atoms with Crippen molar-refractivity contribution in [2.24, 2.45) is 0 Å². The summed E-state index contributed by atoms with van der Waals surface area (Å²) in [4.78, 5) is 0. The highest BCUT2D eigenvalue weighted by Crippen LogP contribution is 2.32. The number of fused-ring (bicyclic) bond motifs is 1. The first-order valence-corrected chi connectivity index (χ1v) is 7.89. The summed E-state index contributed by atoms with van der Waals surface area (Å²) >= 11 is 0. The number of unbranched alkanes of at least 4 members (excludes halogenated alkanes) is 7. The maximum Gasteiger partial charge on any atom is 0.231 e. The minimum Gasteiger partial charge on any atom is -0.454 e. The minimum atomic E-state index is 0.366. The van der Waals surface area contributed by atoms with Crippen molar-refractivity contribution in [3.63, 3.8) is 0 Å². The summed E-state index contributed by atoms with van der Waals surface area (Å²) < 4.78 is 10.7. The van der Waals surface area contributed by atoms with Gasteiger partial charge in [-0.2, -0.15) is 0 Å². The molecule has 20 heavy (non-hydrogen) atoms. The molecule has 2 heteroatoms. The fourth-order valence-electron chi connectivity index (χ4n) is 2.60. The first-order chi connectivity index (χ1) is 9.90. The van der Waals surface area contributed by atoms with Gasteiger partial charge in [0.2, 0.25) is 6.79 Å². The molecular weight excluding hydrogens is 248 g/mol. The van der Waals surface area contributed by atoms with Gasteiger partial charge in [-0.15, -0.1) is 6.58 Å². The summed E-state index contributed by atoms with van der Waals surface area (Å²) in [5, 5.41) is 0. The Morgan fingerprint density at radius 3 is 2.40 bits per heavy atom. The molecule has 0 unspecified atom stereocenters. The van der Waals surface area contributed by atoms with Crippen LogP contribution in [0.15, 0.2) is 30.9 Å². The number of aryl methyl sites for hydroxylation is 1. The molecule has 0 saturated carbocycles. The molecule has 1 aliphatic heterocycles. The van der Waals surface area contributed by atoms with E-state index in [0.717, 1.165) is 17.9 Å². The van der Waals surface area contributed by atoms with Gasteiger partial charge in [-0.3, -0.25) is 0 Å². The zero-order valence-corrected chi connectivity index (χ0v) is 12.4. The van der Waals surface area contributed by atoms with Crippen LogP contribution in [0, 0.1) is 0 Å². The zero-order valence-electron chi connectivity index (χ0n) is 12.4. The van der Waals surface area contributed by atoms with E-state index in [1.165, 1.54) is 56.9 Å². The first-order valence-electron chi connectivity index (χ1n) is 7.89. The Bertz CT molecular complexity index is 412. The molecular formula is C18H26O2. The average Bonchev–Trinajstić information content (AvgIpc) is 2.93. The molecule has 0 amide bonds. The standard InChI is InChI=1S/C18H26O2/c1-2-3-4-5-6-7-8-9-10-11-16-12-13-17-18(14-16)20-15-19-17/h2,12-14H,1,3-11,15H2. The molecule has 0 atom stereocenters. The number of hydrogen-bond acceptors (Lipinski definition) is 2. The van der Waals surface area contributed by atoms with Crippen molar-refractivity contribution < 1.29 is 9.47 Å². The van der Waals surface area contributed by atoms with E-state index in [-0.39, 0.29) is 0 Å². The lowest BCUT2D eigenvalue weighted by Crippen LogP contribution is -1.93. The number of hydrogen-bond donors (Lipinski definition) is 0. The van der Waals surface area contributed by atoms with E-state index in [1.54, 1.807) is 0 Å². The monoisotopic (exact) mass is 274 g/mol. The lowest BCUT2D eigenvalue weighted by Gasteiger charge is -2.04. The SMILES string of the molecule is C=CCCCCCCCCCc1ccc2c(c1)OCO2. The van der Waals surface area contributed by atoms with E-state index in [2.05, 4.69) is 18.7 Å². The molecule has 1 heterocycles. The summed E-state index contributed by atoms with van der Waals surface area (Å²) in [6, 6.07) is 6.30. The Balaban J connectivity index is 1.52. The van der Waals surface area contributed by atoms with Gasteiger partial charge in [-0.25, -0.2) is 0 Å². The van der Waals surface area contributed by atoms with Gasteiger partial charge >= 0.3 is 0 Å². The topological polar surface area (TPSA) is 18.5 Å². The molecule has 2 nitrogen and oxygen atoms in total. The van der Waals surface area contributed by atoms with Crippen LogP contribution in [0.5, 0.6) is 11.5 Å². The molecule has 0 spiro atoms. The molecule has 0 radical (unpaired) electrons. The van der Waals surface area contributed by atoms with Crippen molar-refractivity contribution in [3.05, 3.63) is 36.4 Å². The van der Waals surface area contributed by atoms with Crippen molar-refractivity contribution >= 4 is 0 Å². The van der Waals surface area contributed by atoms with Crippen LogP contribution < -0.4 is 9.47 Å². The van der Waals surface area contributed by atoms with Crippen molar-refractivity contribution in [2.75, 3.05) is 6.79 Å². The fraction of sp³-hybridized carbons (Fsp3) is 0.556.